The van der Waals surface area contributed by atoms with Crippen molar-refractivity contribution in [1.82, 2.24) is 10.9 Å². The molecule has 0 saturated carbocycles. The molecule has 140 valence electrons. The first-order valence-electron chi connectivity index (χ1n) is 8.04. The summed E-state index contributed by atoms with van der Waals surface area (Å²) in [6.07, 6.45) is -1.29. The number of hydrogen-bond acceptors (Lipinski definition) is 5. The van der Waals surface area contributed by atoms with Gasteiger partial charge in [0.15, 0.2) is 12.7 Å². The minimum atomic E-state index is -1.01. The van der Waals surface area contributed by atoms with Crippen LogP contribution >= 0.6 is 0 Å². The van der Waals surface area contributed by atoms with Gasteiger partial charge in [-0.1, -0.05) is 12.1 Å². The first-order valence-corrected chi connectivity index (χ1v) is 8.04. The summed E-state index contributed by atoms with van der Waals surface area (Å²) < 4.78 is 23.4. The van der Waals surface area contributed by atoms with E-state index in [1.165, 1.54) is 24.3 Å². The van der Waals surface area contributed by atoms with Gasteiger partial charge in [0, 0.05) is 0 Å². The molecule has 1 heterocycles. The van der Waals surface area contributed by atoms with Crippen LogP contribution in [0, 0.1) is 5.82 Å². The molecule has 2 aromatic carbocycles. The Labute approximate surface area is 153 Å². The second-order valence-electron chi connectivity index (χ2n) is 5.63. The molecule has 9 heteroatoms. The Bertz CT molecular complexity index is 856. The molecule has 2 aromatic rings. The highest BCUT2D eigenvalue weighted by molar-refractivity contribution is 6.00. The average Bonchev–Trinajstić information content (AvgIpc) is 2.66. The summed E-state index contributed by atoms with van der Waals surface area (Å²) in [6, 6.07) is 12.0. The predicted octanol–water partition coefficient (Wildman–Crippen LogP) is 1.14. The van der Waals surface area contributed by atoms with Gasteiger partial charge in [-0.2, -0.15) is 0 Å². The van der Waals surface area contributed by atoms with E-state index in [9.17, 15) is 18.8 Å². The minimum Gasteiger partial charge on any atom is -0.484 e. The van der Waals surface area contributed by atoms with Gasteiger partial charge in [0.2, 0.25) is 5.91 Å². The van der Waals surface area contributed by atoms with Crippen LogP contribution in [0.15, 0.2) is 48.5 Å². The van der Waals surface area contributed by atoms with Crippen LogP contribution in [0.1, 0.15) is 6.42 Å². The van der Waals surface area contributed by atoms with E-state index >= 15 is 0 Å². The van der Waals surface area contributed by atoms with Gasteiger partial charge in [-0.05, 0) is 36.4 Å². The van der Waals surface area contributed by atoms with Crippen molar-refractivity contribution in [1.29, 1.82) is 0 Å². The lowest BCUT2D eigenvalue weighted by Gasteiger charge is -2.25. The van der Waals surface area contributed by atoms with Gasteiger partial charge < -0.3 is 14.8 Å². The van der Waals surface area contributed by atoms with E-state index < -0.39 is 29.6 Å². The maximum Gasteiger partial charge on any atom is 0.276 e. The molecule has 1 aliphatic rings. The molecular formula is C18H16FN3O5. The van der Waals surface area contributed by atoms with Crippen LogP contribution in [0.5, 0.6) is 11.5 Å². The van der Waals surface area contributed by atoms with Gasteiger partial charge in [0.25, 0.3) is 11.8 Å². The molecule has 0 aromatic heterocycles. The zero-order chi connectivity index (χ0) is 19.2. The number of anilines is 1. The lowest BCUT2D eigenvalue weighted by Crippen LogP contribution is -2.47. The van der Waals surface area contributed by atoms with E-state index in [4.69, 9.17) is 9.47 Å². The van der Waals surface area contributed by atoms with Crippen molar-refractivity contribution >= 4 is 23.4 Å². The monoisotopic (exact) mass is 373 g/mol. The summed E-state index contributed by atoms with van der Waals surface area (Å²) in [5.74, 6) is -1.32. The molecule has 8 nitrogen and oxygen atoms in total. The highest BCUT2D eigenvalue weighted by Gasteiger charge is 2.29. The third kappa shape index (κ3) is 4.94. The fourth-order valence-electron chi connectivity index (χ4n) is 2.30. The molecule has 27 heavy (non-hydrogen) atoms. The van der Waals surface area contributed by atoms with Crippen molar-refractivity contribution < 1.29 is 28.2 Å². The van der Waals surface area contributed by atoms with Crippen LogP contribution in [0.3, 0.4) is 0 Å². The Hall–Kier alpha value is -3.62. The van der Waals surface area contributed by atoms with Gasteiger partial charge in [0.05, 0.1) is 12.1 Å². The molecular weight excluding hydrogens is 357 g/mol. The van der Waals surface area contributed by atoms with E-state index in [1.54, 1.807) is 24.3 Å². The normalized spacial score (nSPS) is 15.0. The largest absolute Gasteiger partial charge is 0.484 e. The second-order valence-corrected chi connectivity index (χ2v) is 5.63. The number of ether oxygens (including phenoxy) is 2. The molecule has 0 saturated heterocycles. The van der Waals surface area contributed by atoms with Crippen LogP contribution < -0.4 is 25.6 Å². The van der Waals surface area contributed by atoms with Gasteiger partial charge in [0.1, 0.15) is 17.3 Å². The molecule has 0 aliphatic carbocycles. The third-order valence-corrected chi connectivity index (χ3v) is 3.60. The van der Waals surface area contributed by atoms with Crippen LogP contribution in [0.4, 0.5) is 10.1 Å². The van der Waals surface area contributed by atoms with Crippen molar-refractivity contribution in [2.75, 3.05) is 11.9 Å². The number of benzene rings is 2. The lowest BCUT2D eigenvalue weighted by atomic mass is 10.1. The molecule has 3 rings (SSSR count). The van der Waals surface area contributed by atoms with E-state index in [1.807, 2.05) is 0 Å². The van der Waals surface area contributed by atoms with Crippen molar-refractivity contribution in [3.05, 3.63) is 54.3 Å². The molecule has 1 aliphatic heterocycles. The van der Waals surface area contributed by atoms with E-state index in [2.05, 4.69) is 16.2 Å². The lowest BCUT2D eigenvalue weighted by molar-refractivity contribution is -0.133. The molecule has 0 bridgehead atoms. The highest BCUT2D eigenvalue weighted by atomic mass is 19.1. The molecule has 1 atom stereocenters. The Morgan fingerprint density at radius 2 is 1.78 bits per heavy atom. The van der Waals surface area contributed by atoms with Crippen molar-refractivity contribution in [2.24, 2.45) is 0 Å². The Balaban J connectivity index is 1.42. The van der Waals surface area contributed by atoms with Crippen molar-refractivity contribution in [3.63, 3.8) is 0 Å². The number of hydrazine groups is 1. The first kappa shape index (κ1) is 18.2. The molecule has 3 amide bonds. The fraction of sp³-hybridized carbons (Fsp3) is 0.167. The van der Waals surface area contributed by atoms with Gasteiger partial charge >= 0.3 is 0 Å². The number of amides is 3. The van der Waals surface area contributed by atoms with Gasteiger partial charge in [-0.15, -0.1) is 0 Å². The summed E-state index contributed by atoms with van der Waals surface area (Å²) in [6.45, 7) is -0.375. The molecule has 0 spiro atoms. The topological polar surface area (TPSA) is 106 Å². The third-order valence-electron chi connectivity index (χ3n) is 3.60. The number of hydrogen-bond donors (Lipinski definition) is 3. The fourth-order valence-corrected chi connectivity index (χ4v) is 2.30. The standard InChI is InChI=1S/C18H16FN3O5/c19-11-5-7-12(8-6-11)26-10-17(24)22-21-16(23)9-15-18(25)20-13-3-1-2-4-14(13)27-15/h1-8,15H,9-10H2,(H,20,25)(H,21,23)(H,22,24)/t15-/m0/s1. The van der Waals surface area contributed by atoms with Crippen molar-refractivity contribution in [2.45, 2.75) is 12.5 Å². The predicted molar refractivity (Wildman–Crippen MR) is 92.3 cm³/mol. The first-order chi connectivity index (χ1) is 13.0. The van der Waals surface area contributed by atoms with Gasteiger partial charge in [-0.25, -0.2) is 4.39 Å². The second kappa shape index (κ2) is 8.17. The number of nitrogens with one attached hydrogen (secondary N) is 3. The maximum atomic E-state index is 12.8. The summed E-state index contributed by atoms with van der Waals surface area (Å²) >= 11 is 0. The zero-order valence-electron chi connectivity index (χ0n) is 14.0. The summed E-state index contributed by atoms with van der Waals surface area (Å²) in [5, 5.41) is 2.64. The Morgan fingerprint density at radius 1 is 1.07 bits per heavy atom. The Morgan fingerprint density at radius 3 is 2.56 bits per heavy atom. The van der Waals surface area contributed by atoms with E-state index in [-0.39, 0.29) is 13.0 Å². The summed E-state index contributed by atoms with van der Waals surface area (Å²) in [7, 11) is 0. The molecule has 0 fully saturated rings. The number of carbonyl (C=O) groups is 3. The van der Waals surface area contributed by atoms with Crippen LogP contribution in [-0.2, 0) is 14.4 Å². The van der Waals surface area contributed by atoms with E-state index in [0.717, 1.165) is 0 Å². The Kier molecular flexibility index (Phi) is 5.50. The summed E-state index contributed by atoms with van der Waals surface area (Å²) in [4.78, 5) is 35.6. The zero-order valence-corrected chi connectivity index (χ0v) is 14.0. The van der Waals surface area contributed by atoms with E-state index in [0.29, 0.717) is 17.2 Å². The number of para-hydroxylation sites is 2. The van der Waals surface area contributed by atoms with Crippen LogP contribution in [-0.4, -0.2) is 30.4 Å². The minimum absolute atomic E-state index is 0.279. The highest BCUT2D eigenvalue weighted by Crippen LogP contribution is 2.29. The van der Waals surface area contributed by atoms with Crippen LogP contribution in [0.2, 0.25) is 0 Å². The number of halogens is 1. The van der Waals surface area contributed by atoms with Gasteiger partial charge in [-0.3, -0.25) is 25.2 Å². The molecule has 3 N–H and O–H groups in total. The molecule has 0 radical (unpaired) electrons. The van der Waals surface area contributed by atoms with Crippen LogP contribution in [0.25, 0.3) is 0 Å². The molecule has 0 unspecified atom stereocenters. The number of rotatable bonds is 5. The number of carbonyl (C=O) groups excluding carboxylic acids is 3. The smallest absolute Gasteiger partial charge is 0.276 e. The van der Waals surface area contributed by atoms with Crippen molar-refractivity contribution in [3.8, 4) is 11.5 Å². The maximum absolute atomic E-state index is 12.8. The SMILES string of the molecule is O=C(COc1ccc(F)cc1)NNC(=O)C[C@@H]1Oc2ccccc2NC1=O. The quantitative estimate of drug-likeness (QED) is 0.682. The average molecular weight is 373 g/mol. The summed E-state index contributed by atoms with van der Waals surface area (Å²) in [5.41, 5.74) is 4.88. The number of fused-ring (bicyclic) bond motifs is 1.